The van der Waals surface area contributed by atoms with Crippen LogP contribution in [0.25, 0.3) is 0 Å². The third-order valence-corrected chi connectivity index (χ3v) is 6.09. The summed E-state index contributed by atoms with van der Waals surface area (Å²) in [4.78, 5) is 0. The van der Waals surface area contributed by atoms with Crippen LogP contribution in [-0.2, 0) is 9.84 Å². The Morgan fingerprint density at radius 1 is 1.42 bits per heavy atom. The summed E-state index contributed by atoms with van der Waals surface area (Å²) < 4.78 is 41.2. The zero-order valence-electron chi connectivity index (χ0n) is 11.2. The fourth-order valence-corrected chi connectivity index (χ4v) is 2.52. The van der Waals surface area contributed by atoms with Crippen molar-refractivity contribution >= 4 is 25.8 Å². The first-order valence-corrected chi connectivity index (χ1v) is 8.19. The smallest absolute Gasteiger partial charge is 0.154 e. The molecular weight excluding hydrogens is 337 g/mol. The van der Waals surface area contributed by atoms with Crippen LogP contribution in [0, 0.1) is 5.82 Å². The van der Waals surface area contributed by atoms with Crippen LogP contribution >= 0.6 is 15.9 Å². The summed E-state index contributed by atoms with van der Waals surface area (Å²) in [5, 5.41) is 0. The molecule has 1 atom stereocenters. The summed E-state index contributed by atoms with van der Waals surface area (Å²) in [6.45, 7) is 3.06. The Bertz CT molecular complexity index is 587. The van der Waals surface area contributed by atoms with E-state index in [1.807, 2.05) is 0 Å². The zero-order chi connectivity index (χ0) is 15.0. The Balaban J connectivity index is 3.42. The van der Waals surface area contributed by atoms with Crippen molar-refractivity contribution in [1.82, 2.24) is 0 Å². The molecule has 1 rings (SSSR count). The van der Waals surface area contributed by atoms with Crippen LogP contribution in [0.3, 0.4) is 0 Å². The van der Waals surface area contributed by atoms with E-state index in [-0.39, 0.29) is 10.2 Å². The molecule has 0 bridgehead atoms. The van der Waals surface area contributed by atoms with Crippen molar-refractivity contribution in [3.8, 4) is 5.75 Å². The lowest BCUT2D eigenvalue weighted by Gasteiger charge is -2.31. The van der Waals surface area contributed by atoms with Gasteiger partial charge in [0, 0.05) is 17.9 Å². The van der Waals surface area contributed by atoms with E-state index < -0.39 is 26.4 Å². The SMILES string of the molecule is COc1cc(F)c(Br)cc1C(N)C(C)(C)S(C)(=O)=O. The molecule has 0 radical (unpaired) electrons. The average molecular weight is 354 g/mol. The molecule has 1 aromatic carbocycles. The van der Waals surface area contributed by atoms with Gasteiger partial charge in [-0.2, -0.15) is 0 Å². The quantitative estimate of drug-likeness (QED) is 0.902. The van der Waals surface area contributed by atoms with Gasteiger partial charge in [0.15, 0.2) is 9.84 Å². The van der Waals surface area contributed by atoms with E-state index >= 15 is 0 Å². The van der Waals surface area contributed by atoms with E-state index in [0.717, 1.165) is 6.26 Å². The van der Waals surface area contributed by atoms with Crippen LogP contribution in [0.4, 0.5) is 4.39 Å². The first kappa shape index (κ1) is 16.4. The van der Waals surface area contributed by atoms with Crippen molar-refractivity contribution in [2.24, 2.45) is 5.73 Å². The molecule has 0 fully saturated rings. The van der Waals surface area contributed by atoms with Gasteiger partial charge in [0.25, 0.3) is 0 Å². The fourth-order valence-electron chi connectivity index (χ4n) is 1.57. The molecule has 0 saturated carbocycles. The van der Waals surface area contributed by atoms with Crippen LogP contribution in [0.15, 0.2) is 16.6 Å². The van der Waals surface area contributed by atoms with Crippen molar-refractivity contribution < 1.29 is 17.5 Å². The van der Waals surface area contributed by atoms with E-state index in [1.54, 1.807) is 0 Å². The minimum atomic E-state index is -3.39. The number of nitrogens with two attached hydrogens (primary N) is 1. The van der Waals surface area contributed by atoms with Crippen LogP contribution in [0.1, 0.15) is 25.5 Å². The zero-order valence-corrected chi connectivity index (χ0v) is 13.6. The highest BCUT2D eigenvalue weighted by Crippen LogP contribution is 2.37. The molecular formula is C12H17BrFNO3S. The lowest BCUT2D eigenvalue weighted by Crippen LogP contribution is -2.42. The number of methoxy groups -OCH3 is 1. The molecule has 2 N–H and O–H groups in total. The minimum Gasteiger partial charge on any atom is -0.496 e. The molecule has 19 heavy (non-hydrogen) atoms. The number of hydrogen-bond acceptors (Lipinski definition) is 4. The van der Waals surface area contributed by atoms with Crippen molar-refractivity contribution in [3.63, 3.8) is 0 Å². The molecule has 7 heteroatoms. The highest BCUT2D eigenvalue weighted by Gasteiger charge is 2.39. The van der Waals surface area contributed by atoms with Gasteiger partial charge in [-0.3, -0.25) is 0 Å². The molecule has 1 unspecified atom stereocenters. The van der Waals surface area contributed by atoms with Crippen LogP contribution in [0.2, 0.25) is 0 Å². The third kappa shape index (κ3) is 3.09. The van der Waals surface area contributed by atoms with Crippen LogP contribution in [-0.4, -0.2) is 26.5 Å². The second kappa shape index (κ2) is 5.38. The van der Waals surface area contributed by atoms with Crippen molar-refractivity contribution in [1.29, 1.82) is 0 Å². The van der Waals surface area contributed by atoms with Gasteiger partial charge in [-0.15, -0.1) is 0 Å². The van der Waals surface area contributed by atoms with Crippen molar-refractivity contribution in [2.45, 2.75) is 24.6 Å². The van der Waals surface area contributed by atoms with Gasteiger partial charge in [-0.05, 0) is 35.8 Å². The van der Waals surface area contributed by atoms with Gasteiger partial charge >= 0.3 is 0 Å². The maximum absolute atomic E-state index is 13.5. The highest BCUT2D eigenvalue weighted by molar-refractivity contribution is 9.10. The van der Waals surface area contributed by atoms with Crippen molar-refractivity contribution in [2.75, 3.05) is 13.4 Å². The molecule has 0 aliphatic carbocycles. The van der Waals surface area contributed by atoms with E-state index in [0.29, 0.717) is 5.56 Å². The molecule has 4 nitrogen and oxygen atoms in total. The second-order valence-electron chi connectivity index (χ2n) is 4.86. The summed E-state index contributed by atoms with van der Waals surface area (Å²) >= 11 is 3.06. The molecule has 0 aromatic heterocycles. The lowest BCUT2D eigenvalue weighted by atomic mass is 9.95. The maximum atomic E-state index is 13.5. The molecule has 0 spiro atoms. The first-order valence-electron chi connectivity index (χ1n) is 5.50. The van der Waals surface area contributed by atoms with Crippen molar-refractivity contribution in [3.05, 3.63) is 28.0 Å². The molecule has 108 valence electrons. The minimum absolute atomic E-state index is 0.211. The summed E-state index contributed by atoms with van der Waals surface area (Å²) in [5.41, 5.74) is 6.49. The first-order chi connectivity index (χ1) is 8.52. The van der Waals surface area contributed by atoms with Gasteiger partial charge in [0.1, 0.15) is 11.6 Å². The average Bonchev–Trinajstić information content (AvgIpc) is 2.29. The van der Waals surface area contributed by atoms with Gasteiger partial charge in [0.2, 0.25) is 0 Å². The predicted octanol–water partition coefficient (Wildman–Crippen LogP) is 2.42. The summed E-state index contributed by atoms with van der Waals surface area (Å²) in [7, 11) is -2.01. The number of sulfone groups is 1. The second-order valence-corrected chi connectivity index (χ2v) is 8.31. The van der Waals surface area contributed by atoms with Gasteiger partial charge in [-0.1, -0.05) is 0 Å². The summed E-state index contributed by atoms with van der Waals surface area (Å²) in [6.07, 6.45) is 1.12. The van der Waals surface area contributed by atoms with E-state index in [1.165, 1.54) is 33.1 Å². The standard InChI is InChI=1S/C12H17BrFNO3S/c1-12(2,19(4,16)17)11(15)7-5-8(13)9(14)6-10(7)18-3/h5-6,11H,15H2,1-4H3. The van der Waals surface area contributed by atoms with E-state index in [4.69, 9.17) is 10.5 Å². The molecule has 0 saturated heterocycles. The Kier molecular flexibility index (Phi) is 4.64. The topological polar surface area (TPSA) is 69.4 Å². The number of ether oxygens (including phenoxy) is 1. The summed E-state index contributed by atoms with van der Waals surface area (Å²) in [6, 6.07) is 1.79. The Morgan fingerprint density at radius 2 is 1.95 bits per heavy atom. The Labute approximate surface area is 121 Å². The third-order valence-electron chi connectivity index (χ3n) is 3.31. The van der Waals surface area contributed by atoms with Gasteiger partial charge in [0.05, 0.1) is 22.4 Å². The molecule has 0 amide bonds. The highest BCUT2D eigenvalue weighted by atomic mass is 79.9. The normalized spacial score (nSPS) is 14.3. The van der Waals surface area contributed by atoms with Gasteiger partial charge < -0.3 is 10.5 Å². The lowest BCUT2D eigenvalue weighted by molar-refractivity contribution is 0.394. The number of halogens is 2. The van der Waals surface area contributed by atoms with Gasteiger partial charge in [-0.25, -0.2) is 12.8 Å². The van der Waals surface area contributed by atoms with Crippen LogP contribution < -0.4 is 10.5 Å². The van der Waals surface area contributed by atoms with E-state index in [9.17, 15) is 12.8 Å². The predicted molar refractivity (Wildman–Crippen MR) is 76.5 cm³/mol. The monoisotopic (exact) mass is 353 g/mol. The number of hydrogen-bond donors (Lipinski definition) is 1. The Hall–Kier alpha value is -0.660. The molecule has 0 heterocycles. The number of benzene rings is 1. The molecule has 0 aliphatic rings. The fraction of sp³-hybridized carbons (Fsp3) is 0.500. The molecule has 0 aliphatic heterocycles. The van der Waals surface area contributed by atoms with Crippen LogP contribution in [0.5, 0.6) is 5.75 Å². The molecule has 1 aromatic rings. The largest absolute Gasteiger partial charge is 0.496 e. The summed E-state index contributed by atoms with van der Waals surface area (Å²) in [5.74, 6) is -0.269. The van der Waals surface area contributed by atoms with E-state index in [2.05, 4.69) is 15.9 Å². The number of rotatable bonds is 4. The maximum Gasteiger partial charge on any atom is 0.154 e. The Morgan fingerprint density at radius 3 is 2.37 bits per heavy atom.